The minimum atomic E-state index is -0.730. The average Bonchev–Trinajstić information content (AvgIpc) is 2.72. The van der Waals surface area contributed by atoms with E-state index in [1.165, 1.54) is 0 Å². The van der Waals surface area contributed by atoms with Crippen LogP contribution in [0.1, 0.15) is 31.8 Å². The molecule has 0 saturated carbocycles. The molecule has 5 nitrogen and oxygen atoms in total. The molecule has 1 unspecified atom stereocenters. The van der Waals surface area contributed by atoms with Crippen molar-refractivity contribution in [1.82, 2.24) is 9.97 Å². The zero-order valence-electron chi connectivity index (χ0n) is 11.1. The van der Waals surface area contributed by atoms with Crippen molar-refractivity contribution in [3.05, 3.63) is 17.6 Å². The molecule has 0 aromatic carbocycles. The molecule has 2 rings (SSSR count). The van der Waals surface area contributed by atoms with Gasteiger partial charge in [0.05, 0.1) is 5.41 Å². The van der Waals surface area contributed by atoms with E-state index in [9.17, 15) is 9.90 Å². The fraction of sp³-hybridized carbons (Fsp3) is 0.615. The molecule has 1 aliphatic heterocycles. The van der Waals surface area contributed by atoms with Gasteiger partial charge in [0.2, 0.25) is 0 Å². The highest BCUT2D eigenvalue weighted by Gasteiger charge is 2.40. The van der Waals surface area contributed by atoms with Crippen molar-refractivity contribution in [2.45, 2.75) is 33.6 Å². The van der Waals surface area contributed by atoms with Gasteiger partial charge in [-0.3, -0.25) is 4.79 Å². The molecule has 1 aromatic heterocycles. The number of carbonyl (C=O) groups is 1. The maximum Gasteiger partial charge on any atom is 0.311 e. The van der Waals surface area contributed by atoms with E-state index in [4.69, 9.17) is 0 Å². The molecule has 1 aromatic rings. The van der Waals surface area contributed by atoms with Crippen LogP contribution in [0.5, 0.6) is 0 Å². The quantitative estimate of drug-likeness (QED) is 0.882. The number of rotatable bonds is 3. The highest BCUT2D eigenvalue weighted by atomic mass is 16.4. The van der Waals surface area contributed by atoms with E-state index in [1.807, 2.05) is 17.9 Å². The summed E-state index contributed by atoms with van der Waals surface area (Å²) in [6, 6.07) is 1.96. The van der Waals surface area contributed by atoms with Gasteiger partial charge in [0, 0.05) is 24.8 Å². The van der Waals surface area contributed by atoms with Crippen LogP contribution in [0.4, 0.5) is 5.82 Å². The minimum absolute atomic E-state index is 0.516. The number of hydrogen-bond acceptors (Lipinski definition) is 4. The first-order valence-corrected chi connectivity index (χ1v) is 6.27. The number of aromatic nitrogens is 2. The van der Waals surface area contributed by atoms with E-state index >= 15 is 0 Å². The highest BCUT2D eigenvalue weighted by molar-refractivity contribution is 5.76. The molecular formula is C13H19N3O2. The Morgan fingerprint density at radius 2 is 2.28 bits per heavy atom. The van der Waals surface area contributed by atoms with Gasteiger partial charge in [-0.2, -0.15) is 0 Å². The van der Waals surface area contributed by atoms with Gasteiger partial charge in [-0.05, 0) is 26.7 Å². The molecule has 0 amide bonds. The molecular weight excluding hydrogens is 230 g/mol. The number of carboxylic acids is 1. The maximum atomic E-state index is 11.2. The van der Waals surface area contributed by atoms with Crippen molar-refractivity contribution >= 4 is 11.8 Å². The van der Waals surface area contributed by atoms with Gasteiger partial charge in [0.15, 0.2) is 0 Å². The van der Waals surface area contributed by atoms with Crippen LogP contribution in [0.25, 0.3) is 0 Å². The van der Waals surface area contributed by atoms with E-state index in [0.29, 0.717) is 13.0 Å². The molecule has 0 radical (unpaired) electrons. The number of carboxylic acid groups (broad SMARTS) is 1. The van der Waals surface area contributed by atoms with E-state index < -0.39 is 11.4 Å². The van der Waals surface area contributed by atoms with Crippen molar-refractivity contribution < 1.29 is 9.90 Å². The monoisotopic (exact) mass is 249 g/mol. The lowest BCUT2D eigenvalue weighted by Crippen LogP contribution is -2.32. The van der Waals surface area contributed by atoms with Crippen LogP contribution < -0.4 is 4.90 Å². The Bertz CT molecular complexity index is 475. The average molecular weight is 249 g/mol. The first kappa shape index (κ1) is 12.8. The normalized spacial score (nSPS) is 23.4. The van der Waals surface area contributed by atoms with Gasteiger partial charge in [-0.25, -0.2) is 9.97 Å². The van der Waals surface area contributed by atoms with Gasteiger partial charge >= 0.3 is 5.97 Å². The molecule has 98 valence electrons. The predicted molar refractivity (Wildman–Crippen MR) is 68.7 cm³/mol. The summed E-state index contributed by atoms with van der Waals surface area (Å²) in [6.07, 6.45) is 1.52. The highest BCUT2D eigenvalue weighted by Crippen LogP contribution is 2.32. The second-order valence-corrected chi connectivity index (χ2v) is 5.16. The van der Waals surface area contributed by atoms with E-state index in [2.05, 4.69) is 16.9 Å². The van der Waals surface area contributed by atoms with E-state index in [1.54, 1.807) is 6.92 Å². The van der Waals surface area contributed by atoms with Crippen molar-refractivity contribution in [3.8, 4) is 0 Å². The summed E-state index contributed by atoms with van der Waals surface area (Å²) in [7, 11) is 0. The summed E-state index contributed by atoms with van der Waals surface area (Å²) in [4.78, 5) is 22.0. The molecule has 2 heterocycles. The molecule has 0 aliphatic carbocycles. The van der Waals surface area contributed by atoms with Crippen LogP contribution in [-0.4, -0.2) is 34.1 Å². The summed E-state index contributed by atoms with van der Waals surface area (Å²) in [5.41, 5.74) is 0.340. The standard InChI is InChI=1S/C13H19N3O2/c1-4-10-7-11(15-9(2)14-10)16-6-5-13(3,8-16)12(17)18/h7H,4-6,8H2,1-3H3,(H,17,18). The number of hydrogen-bond donors (Lipinski definition) is 1. The van der Waals surface area contributed by atoms with E-state index in [0.717, 1.165) is 30.3 Å². The molecule has 18 heavy (non-hydrogen) atoms. The third kappa shape index (κ3) is 2.30. The van der Waals surface area contributed by atoms with Crippen LogP contribution in [0, 0.1) is 12.3 Å². The largest absolute Gasteiger partial charge is 0.481 e. The third-order valence-corrected chi connectivity index (χ3v) is 3.55. The Labute approximate surface area is 107 Å². The lowest BCUT2D eigenvalue weighted by atomic mass is 9.90. The van der Waals surface area contributed by atoms with Crippen LogP contribution in [-0.2, 0) is 11.2 Å². The minimum Gasteiger partial charge on any atom is -0.481 e. The van der Waals surface area contributed by atoms with Crippen molar-refractivity contribution in [2.24, 2.45) is 5.41 Å². The summed E-state index contributed by atoms with van der Waals surface area (Å²) >= 11 is 0. The Morgan fingerprint density at radius 1 is 1.56 bits per heavy atom. The Morgan fingerprint density at radius 3 is 2.83 bits per heavy atom. The Kier molecular flexibility index (Phi) is 3.24. The fourth-order valence-corrected chi connectivity index (χ4v) is 2.29. The van der Waals surface area contributed by atoms with Gasteiger partial charge in [-0.1, -0.05) is 6.92 Å². The zero-order chi connectivity index (χ0) is 13.3. The first-order valence-electron chi connectivity index (χ1n) is 6.27. The molecule has 1 saturated heterocycles. The van der Waals surface area contributed by atoms with Gasteiger partial charge in [0.1, 0.15) is 11.6 Å². The van der Waals surface area contributed by atoms with Crippen LogP contribution in [0.15, 0.2) is 6.07 Å². The Hall–Kier alpha value is -1.65. The molecule has 1 N–H and O–H groups in total. The third-order valence-electron chi connectivity index (χ3n) is 3.55. The Balaban J connectivity index is 2.24. The van der Waals surface area contributed by atoms with E-state index in [-0.39, 0.29) is 0 Å². The SMILES string of the molecule is CCc1cc(N2CCC(C)(C(=O)O)C2)nc(C)n1. The van der Waals surface area contributed by atoms with Gasteiger partial charge < -0.3 is 10.0 Å². The van der Waals surface area contributed by atoms with Crippen molar-refractivity contribution in [1.29, 1.82) is 0 Å². The topological polar surface area (TPSA) is 66.3 Å². The lowest BCUT2D eigenvalue weighted by molar-refractivity contribution is -0.146. The molecule has 1 aliphatic rings. The molecule has 0 spiro atoms. The zero-order valence-corrected chi connectivity index (χ0v) is 11.1. The smallest absolute Gasteiger partial charge is 0.311 e. The van der Waals surface area contributed by atoms with Crippen LogP contribution in [0.3, 0.4) is 0 Å². The second kappa shape index (κ2) is 4.55. The second-order valence-electron chi connectivity index (χ2n) is 5.16. The molecule has 5 heteroatoms. The van der Waals surface area contributed by atoms with Gasteiger partial charge in [-0.15, -0.1) is 0 Å². The predicted octanol–water partition coefficient (Wildman–Crippen LogP) is 1.65. The first-order chi connectivity index (χ1) is 8.44. The summed E-state index contributed by atoms with van der Waals surface area (Å²) in [6.45, 7) is 6.97. The van der Waals surface area contributed by atoms with Crippen LogP contribution in [0.2, 0.25) is 0 Å². The maximum absolute atomic E-state index is 11.2. The van der Waals surface area contributed by atoms with Crippen LogP contribution >= 0.6 is 0 Å². The number of nitrogens with zero attached hydrogens (tertiary/aromatic N) is 3. The molecule has 0 bridgehead atoms. The van der Waals surface area contributed by atoms with Crippen molar-refractivity contribution in [2.75, 3.05) is 18.0 Å². The van der Waals surface area contributed by atoms with Crippen molar-refractivity contribution in [3.63, 3.8) is 0 Å². The molecule has 1 fully saturated rings. The number of aryl methyl sites for hydroxylation is 2. The molecule has 1 atom stereocenters. The van der Waals surface area contributed by atoms with Gasteiger partial charge in [0.25, 0.3) is 0 Å². The number of aliphatic carboxylic acids is 1. The summed E-state index contributed by atoms with van der Waals surface area (Å²) in [5, 5.41) is 9.23. The lowest BCUT2D eigenvalue weighted by Gasteiger charge is -2.21. The number of anilines is 1. The summed E-state index contributed by atoms with van der Waals surface area (Å²) < 4.78 is 0. The fourth-order valence-electron chi connectivity index (χ4n) is 2.29. The summed E-state index contributed by atoms with van der Waals surface area (Å²) in [5.74, 6) is 0.865.